The lowest BCUT2D eigenvalue weighted by Gasteiger charge is -2.26. The number of rotatable bonds is 5. The van der Waals surface area contributed by atoms with E-state index in [1.807, 2.05) is 6.92 Å². The Morgan fingerprint density at radius 2 is 2.32 bits per heavy atom. The molecule has 0 bridgehead atoms. The summed E-state index contributed by atoms with van der Waals surface area (Å²) in [5.74, 6) is 1.14. The van der Waals surface area contributed by atoms with Gasteiger partial charge in [-0.2, -0.15) is 0 Å². The second kappa shape index (κ2) is 6.50. The second-order valence-corrected chi connectivity index (χ2v) is 5.01. The summed E-state index contributed by atoms with van der Waals surface area (Å²) in [5.41, 5.74) is 1.49. The van der Waals surface area contributed by atoms with Gasteiger partial charge in [0.2, 0.25) is 0 Å². The summed E-state index contributed by atoms with van der Waals surface area (Å²) in [6, 6.07) is 0. The molecule has 106 valence electrons. The van der Waals surface area contributed by atoms with Crippen LogP contribution in [0.15, 0.2) is 4.79 Å². The molecule has 6 heteroatoms. The summed E-state index contributed by atoms with van der Waals surface area (Å²) in [6.45, 7) is 2.76. The predicted octanol–water partition coefficient (Wildman–Crippen LogP) is 1.79. The summed E-state index contributed by atoms with van der Waals surface area (Å²) in [5, 5.41) is 0. The van der Waals surface area contributed by atoms with E-state index < -0.39 is 0 Å². The lowest BCUT2D eigenvalue weighted by Crippen LogP contribution is -2.34. The van der Waals surface area contributed by atoms with Gasteiger partial charge in [-0.3, -0.25) is 9.36 Å². The maximum atomic E-state index is 12.4. The van der Waals surface area contributed by atoms with Crippen LogP contribution in [-0.2, 0) is 22.4 Å². The van der Waals surface area contributed by atoms with Gasteiger partial charge in [-0.25, -0.2) is 4.98 Å². The number of halogens is 1. The quantitative estimate of drug-likeness (QED) is 0.612. The third kappa shape index (κ3) is 2.99. The maximum Gasteiger partial charge on any atom is 0.257 e. The molecule has 1 unspecified atom stereocenters. The molecule has 1 aliphatic heterocycles. The zero-order valence-corrected chi connectivity index (χ0v) is 12.1. The van der Waals surface area contributed by atoms with Crippen molar-refractivity contribution in [1.29, 1.82) is 0 Å². The highest BCUT2D eigenvalue weighted by atomic mass is 35.5. The van der Waals surface area contributed by atoms with Crippen molar-refractivity contribution < 1.29 is 9.47 Å². The largest absolute Gasteiger partial charge is 0.359 e. The molecule has 1 aromatic heterocycles. The van der Waals surface area contributed by atoms with Crippen molar-refractivity contribution in [2.75, 3.05) is 19.8 Å². The van der Waals surface area contributed by atoms with Gasteiger partial charge in [0.05, 0.1) is 0 Å². The topological polar surface area (TPSA) is 53.4 Å². The molecule has 5 nitrogen and oxygen atoms in total. The number of aryl methyl sites for hydroxylation is 1. The van der Waals surface area contributed by atoms with E-state index in [-0.39, 0.29) is 18.5 Å². The Labute approximate surface area is 117 Å². The van der Waals surface area contributed by atoms with Crippen LogP contribution in [-0.4, -0.2) is 29.3 Å². The van der Waals surface area contributed by atoms with Gasteiger partial charge in [-0.15, -0.1) is 11.6 Å². The van der Waals surface area contributed by atoms with Crippen molar-refractivity contribution in [3.63, 3.8) is 0 Å². The van der Waals surface area contributed by atoms with Gasteiger partial charge in [0.25, 0.3) is 5.56 Å². The first kappa shape index (κ1) is 14.5. The van der Waals surface area contributed by atoms with E-state index in [0.717, 1.165) is 18.5 Å². The smallest absolute Gasteiger partial charge is 0.257 e. The van der Waals surface area contributed by atoms with Crippen LogP contribution < -0.4 is 5.56 Å². The molecule has 0 radical (unpaired) electrons. The molecule has 0 aromatic carbocycles. The first-order valence-electron chi connectivity index (χ1n) is 6.45. The van der Waals surface area contributed by atoms with Crippen LogP contribution in [0.2, 0.25) is 0 Å². The third-order valence-corrected chi connectivity index (χ3v) is 3.56. The van der Waals surface area contributed by atoms with Crippen LogP contribution in [0, 0.1) is 6.92 Å². The van der Waals surface area contributed by atoms with Crippen LogP contribution in [0.4, 0.5) is 0 Å². The zero-order valence-electron chi connectivity index (χ0n) is 11.3. The van der Waals surface area contributed by atoms with Crippen LogP contribution >= 0.6 is 11.6 Å². The molecule has 19 heavy (non-hydrogen) atoms. The van der Waals surface area contributed by atoms with E-state index in [0.29, 0.717) is 30.2 Å². The lowest BCUT2D eigenvalue weighted by molar-refractivity contribution is -0.0846. The molecule has 1 atom stereocenters. The first-order valence-corrected chi connectivity index (χ1v) is 6.99. The molecular weight excluding hydrogens is 268 g/mol. The van der Waals surface area contributed by atoms with Gasteiger partial charge >= 0.3 is 0 Å². The molecule has 1 aliphatic rings. The van der Waals surface area contributed by atoms with Crippen LogP contribution in [0.1, 0.15) is 36.0 Å². The van der Waals surface area contributed by atoms with E-state index >= 15 is 0 Å². The van der Waals surface area contributed by atoms with Gasteiger partial charge < -0.3 is 9.47 Å². The number of hydrogen-bond acceptors (Lipinski definition) is 4. The standard InChI is InChI=1S/C13H19ClN2O3/c1-9-10(5-6-14)13(17)16-7-3-4-11(12(16)15-9)19-8-18-2/h11H,3-8H2,1-2H3. The molecule has 2 rings (SSSR count). The Kier molecular flexibility index (Phi) is 4.96. The number of fused-ring (bicyclic) bond motifs is 1. The van der Waals surface area contributed by atoms with Gasteiger partial charge in [0.1, 0.15) is 18.7 Å². The molecule has 0 fully saturated rings. The molecule has 2 heterocycles. The Hall–Kier alpha value is -0.910. The van der Waals surface area contributed by atoms with Crippen molar-refractivity contribution in [1.82, 2.24) is 9.55 Å². The highest BCUT2D eigenvalue weighted by Gasteiger charge is 2.25. The Bertz CT molecular complexity index is 501. The minimum absolute atomic E-state index is 0.0221. The zero-order chi connectivity index (χ0) is 13.8. The number of ether oxygens (including phenoxy) is 2. The fourth-order valence-electron chi connectivity index (χ4n) is 2.44. The van der Waals surface area contributed by atoms with E-state index in [2.05, 4.69) is 4.98 Å². The predicted molar refractivity (Wildman–Crippen MR) is 72.6 cm³/mol. The van der Waals surface area contributed by atoms with Crippen molar-refractivity contribution in [3.8, 4) is 0 Å². The maximum absolute atomic E-state index is 12.4. The SMILES string of the molecule is COCOC1CCCn2c1nc(C)c(CCCl)c2=O. The summed E-state index contributed by atoms with van der Waals surface area (Å²) in [7, 11) is 1.58. The fraction of sp³-hybridized carbons (Fsp3) is 0.692. The van der Waals surface area contributed by atoms with E-state index in [4.69, 9.17) is 21.1 Å². The summed E-state index contributed by atoms with van der Waals surface area (Å²) in [6.07, 6.45) is 2.17. The molecule has 0 aliphatic carbocycles. The molecular formula is C13H19ClN2O3. The van der Waals surface area contributed by atoms with Crippen molar-refractivity contribution in [2.45, 2.75) is 38.8 Å². The molecule has 0 amide bonds. The van der Waals surface area contributed by atoms with E-state index in [1.165, 1.54) is 0 Å². The highest BCUT2D eigenvalue weighted by Crippen LogP contribution is 2.26. The summed E-state index contributed by atoms with van der Waals surface area (Å²) in [4.78, 5) is 17.0. The van der Waals surface area contributed by atoms with Crippen molar-refractivity contribution >= 4 is 11.6 Å². The lowest BCUT2D eigenvalue weighted by atomic mass is 10.1. The van der Waals surface area contributed by atoms with E-state index in [1.54, 1.807) is 11.7 Å². The van der Waals surface area contributed by atoms with Crippen molar-refractivity contribution in [2.24, 2.45) is 0 Å². The van der Waals surface area contributed by atoms with E-state index in [9.17, 15) is 4.79 Å². The highest BCUT2D eigenvalue weighted by molar-refractivity contribution is 6.17. The second-order valence-electron chi connectivity index (χ2n) is 4.63. The molecule has 0 saturated carbocycles. The Morgan fingerprint density at radius 3 is 3.00 bits per heavy atom. The fourth-order valence-corrected chi connectivity index (χ4v) is 2.63. The monoisotopic (exact) mass is 286 g/mol. The van der Waals surface area contributed by atoms with Crippen LogP contribution in [0.5, 0.6) is 0 Å². The molecule has 0 saturated heterocycles. The molecule has 0 N–H and O–H groups in total. The minimum atomic E-state index is -0.162. The van der Waals surface area contributed by atoms with Gasteiger partial charge in [0.15, 0.2) is 0 Å². The van der Waals surface area contributed by atoms with Crippen molar-refractivity contribution in [3.05, 3.63) is 27.4 Å². The number of aromatic nitrogens is 2. The molecule has 0 spiro atoms. The normalized spacial score (nSPS) is 18.4. The summed E-state index contributed by atoms with van der Waals surface area (Å²) < 4.78 is 12.2. The van der Waals surface area contributed by atoms with Crippen LogP contribution in [0.25, 0.3) is 0 Å². The summed E-state index contributed by atoms with van der Waals surface area (Å²) >= 11 is 5.74. The van der Waals surface area contributed by atoms with Crippen LogP contribution in [0.3, 0.4) is 0 Å². The third-order valence-electron chi connectivity index (χ3n) is 3.37. The molecule has 1 aromatic rings. The number of alkyl halides is 1. The van der Waals surface area contributed by atoms with Gasteiger partial charge in [-0.05, 0) is 26.2 Å². The Morgan fingerprint density at radius 1 is 1.53 bits per heavy atom. The Balaban J connectivity index is 2.40. The van der Waals surface area contributed by atoms with Gasteiger partial charge in [-0.1, -0.05) is 0 Å². The minimum Gasteiger partial charge on any atom is -0.359 e. The number of nitrogens with zero attached hydrogens (tertiary/aromatic N) is 2. The first-order chi connectivity index (χ1) is 9.19. The van der Waals surface area contributed by atoms with Gasteiger partial charge in [0, 0.05) is 30.8 Å². The average molecular weight is 287 g/mol. The number of methoxy groups -OCH3 is 1. The number of hydrogen-bond donors (Lipinski definition) is 0. The average Bonchev–Trinajstić information content (AvgIpc) is 2.41.